The fraction of sp³-hybridized carbons (Fsp3) is 0.529. The molecule has 0 bridgehead atoms. The zero-order chi connectivity index (χ0) is 17.3. The Labute approximate surface area is 140 Å². The molecule has 1 aromatic heterocycles. The predicted molar refractivity (Wildman–Crippen MR) is 89.7 cm³/mol. The number of alkyl carbamates (subject to hydrolysis) is 1. The van der Waals surface area contributed by atoms with Gasteiger partial charge in [0.25, 0.3) is 6.01 Å². The molecular formula is C17H23N3O4. The number of carbonyl (C=O) groups is 1. The van der Waals surface area contributed by atoms with E-state index in [1.807, 2.05) is 37.5 Å². The number of imidazole rings is 1. The molecule has 1 aliphatic heterocycles. The molecule has 0 unspecified atom stereocenters. The average Bonchev–Trinajstić information content (AvgIpc) is 3.08. The van der Waals surface area contributed by atoms with Gasteiger partial charge >= 0.3 is 6.09 Å². The summed E-state index contributed by atoms with van der Waals surface area (Å²) in [4.78, 5) is 16.3. The average molecular weight is 333 g/mol. The highest BCUT2D eigenvalue weighted by molar-refractivity contribution is 5.83. The molecule has 1 N–H and O–H groups in total. The number of aromatic nitrogens is 2. The van der Waals surface area contributed by atoms with Crippen molar-refractivity contribution in [1.82, 2.24) is 14.9 Å². The van der Waals surface area contributed by atoms with Crippen molar-refractivity contribution in [2.24, 2.45) is 0 Å². The maximum Gasteiger partial charge on any atom is 0.407 e. The van der Waals surface area contributed by atoms with Crippen LogP contribution in [0.3, 0.4) is 0 Å². The summed E-state index contributed by atoms with van der Waals surface area (Å²) in [6.45, 7) is 7.14. The Morgan fingerprint density at radius 1 is 1.42 bits per heavy atom. The number of rotatable bonds is 4. The van der Waals surface area contributed by atoms with Crippen LogP contribution in [0.4, 0.5) is 4.79 Å². The van der Waals surface area contributed by atoms with Crippen molar-refractivity contribution in [2.45, 2.75) is 39.3 Å². The molecule has 0 saturated heterocycles. The van der Waals surface area contributed by atoms with Crippen molar-refractivity contribution in [1.29, 1.82) is 0 Å². The summed E-state index contributed by atoms with van der Waals surface area (Å²) in [5.41, 5.74) is 2.50. The van der Waals surface area contributed by atoms with Gasteiger partial charge in [-0.25, -0.2) is 4.79 Å². The topological polar surface area (TPSA) is 74.6 Å². The number of carbonyl (C=O) groups excluding carboxylic acids is 1. The highest BCUT2D eigenvalue weighted by atomic mass is 16.6. The minimum atomic E-state index is -0.512. The zero-order valence-corrected chi connectivity index (χ0v) is 14.5. The number of nitrogens with zero attached hydrogens (tertiary/aromatic N) is 2. The molecule has 24 heavy (non-hydrogen) atoms. The Bertz CT molecular complexity index is 761. The highest BCUT2D eigenvalue weighted by Gasteiger charge is 2.22. The summed E-state index contributed by atoms with van der Waals surface area (Å²) >= 11 is 0. The van der Waals surface area contributed by atoms with E-state index in [0.29, 0.717) is 25.7 Å². The number of hydrogen-bond acceptors (Lipinski definition) is 5. The molecule has 0 radical (unpaired) electrons. The number of methoxy groups -OCH3 is 1. The number of ether oxygens (including phenoxy) is 3. The summed E-state index contributed by atoms with van der Waals surface area (Å²) < 4.78 is 18.2. The molecule has 130 valence electrons. The van der Waals surface area contributed by atoms with Crippen molar-refractivity contribution in [3.63, 3.8) is 0 Å². The normalized spacial score (nSPS) is 13.5. The van der Waals surface area contributed by atoms with Crippen LogP contribution in [0.25, 0.3) is 11.0 Å². The lowest BCUT2D eigenvalue weighted by molar-refractivity contribution is 0.0526. The van der Waals surface area contributed by atoms with Crippen LogP contribution >= 0.6 is 0 Å². The largest absolute Gasteiger partial charge is 0.493 e. The van der Waals surface area contributed by atoms with Crippen molar-refractivity contribution < 1.29 is 19.0 Å². The SMILES string of the molecule is COc1nc2ccc3c(c2n1CCNC(=O)OC(C)(C)C)CCO3. The molecule has 0 spiro atoms. The van der Waals surface area contributed by atoms with Crippen LogP contribution in [-0.4, -0.2) is 41.5 Å². The van der Waals surface area contributed by atoms with Gasteiger partial charge in [0.1, 0.15) is 11.4 Å². The van der Waals surface area contributed by atoms with Crippen LogP contribution in [0, 0.1) is 0 Å². The second kappa shape index (κ2) is 6.22. The van der Waals surface area contributed by atoms with Gasteiger partial charge in [-0.3, -0.25) is 4.57 Å². The zero-order valence-electron chi connectivity index (χ0n) is 14.5. The van der Waals surface area contributed by atoms with Gasteiger partial charge in [0.15, 0.2) is 0 Å². The standard InChI is InChI=1S/C17H23N3O4/c1-17(2,3)24-16(21)18-8-9-20-14-11-7-10-23-13(11)6-5-12(14)19-15(20)22-4/h5-6H,7-10H2,1-4H3,(H,18,21). The van der Waals surface area contributed by atoms with Crippen LogP contribution in [0.1, 0.15) is 26.3 Å². The van der Waals surface area contributed by atoms with Crippen molar-refractivity contribution in [3.8, 4) is 11.8 Å². The second-order valence-electron chi connectivity index (χ2n) is 6.69. The summed E-state index contributed by atoms with van der Waals surface area (Å²) in [5, 5.41) is 2.76. The predicted octanol–water partition coefficient (Wildman–Crippen LogP) is 2.50. The lowest BCUT2D eigenvalue weighted by Crippen LogP contribution is -2.34. The molecule has 0 saturated carbocycles. The lowest BCUT2D eigenvalue weighted by atomic mass is 10.1. The minimum Gasteiger partial charge on any atom is -0.493 e. The van der Waals surface area contributed by atoms with E-state index in [4.69, 9.17) is 14.2 Å². The first-order valence-corrected chi connectivity index (χ1v) is 8.05. The molecule has 1 aliphatic rings. The van der Waals surface area contributed by atoms with Crippen LogP contribution < -0.4 is 14.8 Å². The third-order valence-corrected chi connectivity index (χ3v) is 3.73. The number of amides is 1. The van der Waals surface area contributed by atoms with Gasteiger partial charge in [-0.1, -0.05) is 0 Å². The molecule has 2 heterocycles. The monoisotopic (exact) mass is 333 g/mol. The maximum absolute atomic E-state index is 11.8. The molecule has 7 nitrogen and oxygen atoms in total. The number of nitrogens with one attached hydrogen (secondary N) is 1. The molecule has 1 aromatic carbocycles. The van der Waals surface area contributed by atoms with Gasteiger partial charge in [0, 0.05) is 25.1 Å². The third kappa shape index (κ3) is 3.25. The van der Waals surface area contributed by atoms with E-state index in [9.17, 15) is 4.79 Å². The number of hydrogen-bond donors (Lipinski definition) is 1. The van der Waals surface area contributed by atoms with Crippen LogP contribution in [0.2, 0.25) is 0 Å². The van der Waals surface area contributed by atoms with E-state index in [2.05, 4.69) is 10.3 Å². The summed E-state index contributed by atoms with van der Waals surface area (Å²) in [5.74, 6) is 0.895. The smallest absolute Gasteiger partial charge is 0.407 e. The quantitative estimate of drug-likeness (QED) is 0.930. The second-order valence-corrected chi connectivity index (χ2v) is 6.69. The molecule has 1 amide bonds. The van der Waals surface area contributed by atoms with Gasteiger partial charge in [-0.15, -0.1) is 0 Å². The van der Waals surface area contributed by atoms with E-state index in [1.165, 1.54) is 0 Å². The van der Waals surface area contributed by atoms with E-state index >= 15 is 0 Å². The van der Waals surface area contributed by atoms with Gasteiger partial charge in [0.05, 0.1) is 24.8 Å². The highest BCUT2D eigenvalue weighted by Crippen LogP contribution is 2.34. The van der Waals surface area contributed by atoms with Crippen molar-refractivity contribution in [3.05, 3.63) is 17.7 Å². The maximum atomic E-state index is 11.8. The first-order valence-electron chi connectivity index (χ1n) is 8.05. The first kappa shape index (κ1) is 16.4. The lowest BCUT2D eigenvalue weighted by Gasteiger charge is -2.19. The fourth-order valence-electron chi connectivity index (χ4n) is 2.84. The third-order valence-electron chi connectivity index (χ3n) is 3.73. The van der Waals surface area contributed by atoms with E-state index < -0.39 is 11.7 Å². The van der Waals surface area contributed by atoms with E-state index in [0.717, 1.165) is 28.8 Å². The van der Waals surface area contributed by atoms with Crippen molar-refractivity contribution in [2.75, 3.05) is 20.3 Å². The van der Waals surface area contributed by atoms with Gasteiger partial charge in [0.2, 0.25) is 0 Å². The molecule has 7 heteroatoms. The number of benzene rings is 1. The Hall–Kier alpha value is -2.44. The van der Waals surface area contributed by atoms with Crippen LogP contribution in [0.5, 0.6) is 11.8 Å². The minimum absolute atomic E-state index is 0.418. The van der Waals surface area contributed by atoms with Gasteiger partial charge in [-0.05, 0) is 32.9 Å². The molecule has 2 aromatic rings. The van der Waals surface area contributed by atoms with E-state index in [1.54, 1.807) is 7.11 Å². The first-order chi connectivity index (χ1) is 11.4. The van der Waals surface area contributed by atoms with Crippen LogP contribution in [-0.2, 0) is 17.7 Å². The van der Waals surface area contributed by atoms with Gasteiger partial charge in [-0.2, -0.15) is 4.98 Å². The fourth-order valence-corrected chi connectivity index (χ4v) is 2.84. The van der Waals surface area contributed by atoms with Crippen molar-refractivity contribution >= 4 is 17.1 Å². The summed E-state index contributed by atoms with van der Waals surface area (Å²) in [6.07, 6.45) is 0.417. The Balaban J connectivity index is 1.79. The Morgan fingerprint density at radius 3 is 2.92 bits per heavy atom. The molecular weight excluding hydrogens is 310 g/mol. The summed E-state index contributed by atoms with van der Waals surface area (Å²) in [7, 11) is 1.59. The Morgan fingerprint density at radius 2 is 2.21 bits per heavy atom. The summed E-state index contributed by atoms with van der Waals surface area (Å²) in [6, 6.07) is 4.40. The number of fused-ring (bicyclic) bond motifs is 3. The van der Waals surface area contributed by atoms with Gasteiger partial charge < -0.3 is 19.5 Å². The molecule has 3 rings (SSSR count). The van der Waals surface area contributed by atoms with E-state index in [-0.39, 0.29) is 0 Å². The molecule has 0 fully saturated rings. The van der Waals surface area contributed by atoms with Crippen LogP contribution in [0.15, 0.2) is 12.1 Å². The molecule has 0 atom stereocenters. The Kier molecular flexibility index (Phi) is 4.26. The molecule has 0 aliphatic carbocycles.